The Morgan fingerprint density at radius 1 is 1.45 bits per heavy atom. The van der Waals surface area contributed by atoms with Crippen LogP contribution in [0.15, 0.2) is 6.33 Å². The first-order chi connectivity index (χ1) is 10.3. The van der Waals surface area contributed by atoms with Gasteiger partial charge in [0, 0.05) is 12.0 Å². The number of hydrogen-bond donors (Lipinski definition) is 3. The molecule has 0 saturated heterocycles. The monoisotopic (exact) mass is 347 g/mol. The molecule has 2 aromatic heterocycles. The molecule has 0 aliphatic heterocycles. The number of nitrogens with two attached hydrogens (primary N) is 1. The van der Waals surface area contributed by atoms with Gasteiger partial charge in [-0.05, 0) is 12.8 Å². The van der Waals surface area contributed by atoms with Crippen LogP contribution in [0.3, 0.4) is 0 Å². The lowest BCUT2D eigenvalue weighted by atomic mass is 10.1. The highest BCUT2D eigenvalue weighted by atomic mass is 35.5. The fourth-order valence-corrected chi connectivity index (χ4v) is 2.86. The molecule has 4 N–H and O–H groups in total. The molecule has 120 valence electrons. The van der Waals surface area contributed by atoms with Crippen LogP contribution in [0, 0.1) is 5.41 Å². The van der Waals surface area contributed by atoms with Gasteiger partial charge < -0.3 is 24.8 Å². The lowest BCUT2D eigenvalue weighted by Crippen LogP contribution is -2.18. The van der Waals surface area contributed by atoms with Crippen molar-refractivity contribution in [2.45, 2.75) is 19.4 Å². The highest BCUT2D eigenvalue weighted by Gasteiger charge is 2.44. The number of aromatic nitrogens is 4. The summed E-state index contributed by atoms with van der Waals surface area (Å²) in [5.41, 5.74) is 6.46. The zero-order chi connectivity index (χ0) is 16.0. The first-order valence-electron chi connectivity index (χ1n) is 6.54. The molecule has 3 rings (SSSR count). The van der Waals surface area contributed by atoms with Gasteiger partial charge in [0.05, 0.1) is 12.9 Å². The minimum absolute atomic E-state index is 0.0712. The fraction of sp³-hybridized carbons (Fsp3) is 0.545. The third-order valence-corrected chi connectivity index (χ3v) is 4.35. The molecule has 0 radical (unpaired) electrons. The fourth-order valence-electron chi connectivity index (χ4n) is 2.31. The second-order valence-electron chi connectivity index (χ2n) is 5.56. The highest BCUT2D eigenvalue weighted by Crippen LogP contribution is 2.48. The molecule has 0 spiro atoms. The predicted octanol–water partition coefficient (Wildman–Crippen LogP) is 0.994. The average molecular weight is 348 g/mol. The number of fused-ring (bicyclic) bond motifs is 1. The number of hydrogen-bond acceptors (Lipinski definition) is 6. The van der Waals surface area contributed by atoms with Crippen LogP contribution >= 0.6 is 19.2 Å². The van der Waals surface area contributed by atoms with Crippen molar-refractivity contribution in [1.29, 1.82) is 0 Å². The van der Waals surface area contributed by atoms with Crippen LogP contribution < -0.4 is 5.73 Å². The maximum Gasteiger partial charge on any atom is 0.350 e. The van der Waals surface area contributed by atoms with Crippen LogP contribution in [-0.2, 0) is 15.8 Å². The van der Waals surface area contributed by atoms with E-state index in [-0.39, 0.29) is 23.1 Å². The molecule has 0 amide bonds. The van der Waals surface area contributed by atoms with Gasteiger partial charge in [-0.3, -0.25) is 4.57 Å². The van der Waals surface area contributed by atoms with Gasteiger partial charge >= 0.3 is 7.60 Å². The molecule has 0 unspecified atom stereocenters. The zero-order valence-electron chi connectivity index (χ0n) is 11.5. The van der Waals surface area contributed by atoms with E-state index in [9.17, 15) is 4.57 Å². The first kappa shape index (κ1) is 15.6. The Morgan fingerprint density at radius 3 is 2.82 bits per heavy atom. The van der Waals surface area contributed by atoms with Crippen LogP contribution in [0.1, 0.15) is 12.8 Å². The molecule has 1 aliphatic carbocycles. The molecule has 22 heavy (non-hydrogen) atoms. The number of halogens is 1. The Labute approximate surface area is 130 Å². The van der Waals surface area contributed by atoms with E-state index in [0.29, 0.717) is 17.7 Å². The molecule has 0 bridgehead atoms. The Balaban J connectivity index is 1.74. The summed E-state index contributed by atoms with van der Waals surface area (Å²) in [5, 5.41) is 0.198. The van der Waals surface area contributed by atoms with Gasteiger partial charge in [0.25, 0.3) is 0 Å². The molecule has 11 heteroatoms. The van der Waals surface area contributed by atoms with E-state index in [4.69, 9.17) is 31.9 Å². The molecule has 2 aromatic rings. The van der Waals surface area contributed by atoms with E-state index < -0.39 is 13.9 Å². The Kier molecular flexibility index (Phi) is 3.86. The number of anilines is 1. The first-order valence-corrected chi connectivity index (χ1v) is 8.72. The number of rotatable bonds is 6. The van der Waals surface area contributed by atoms with Crippen LogP contribution in [0.5, 0.6) is 0 Å². The Hall–Kier alpha value is -1.25. The number of nitrogen functional groups attached to an aromatic ring is 1. The summed E-state index contributed by atoms with van der Waals surface area (Å²) in [5.74, 6) is 0.0712. The zero-order valence-corrected chi connectivity index (χ0v) is 13.2. The number of nitrogens with zero attached hydrogens (tertiary/aromatic N) is 4. The molecule has 0 atom stereocenters. The van der Waals surface area contributed by atoms with Gasteiger partial charge in [0.1, 0.15) is 11.9 Å². The normalized spacial score (nSPS) is 17.0. The Morgan fingerprint density at radius 2 is 2.18 bits per heavy atom. The third-order valence-electron chi connectivity index (χ3n) is 3.57. The third kappa shape index (κ3) is 3.39. The summed E-state index contributed by atoms with van der Waals surface area (Å²) < 4.78 is 17.8. The van der Waals surface area contributed by atoms with Crippen LogP contribution in [0.2, 0.25) is 5.15 Å². The topological polar surface area (TPSA) is 136 Å². The van der Waals surface area contributed by atoms with Crippen molar-refractivity contribution in [2.24, 2.45) is 5.41 Å². The van der Waals surface area contributed by atoms with E-state index in [1.54, 1.807) is 6.33 Å². The maximum absolute atomic E-state index is 10.8. The summed E-state index contributed by atoms with van der Waals surface area (Å²) in [7, 11) is -4.14. The van der Waals surface area contributed by atoms with Gasteiger partial charge in [-0.1, -0.05) is 11.6 Å². The molecule has 1 fully saturated rings. The minimum Gasteiger partial charge on any atom is -0.368 e. The number of imidazole rings is 1. The van der Waals surface area contributed by atoms with E-state index in [1.807, 2.05) is 4.57 Å². The smallest absolute Gasteiger partial charge is 0.350 e. The summed E-state index contributed by atoms with van der Waals surface area (Å²) in [6.07, 6.45) is 2.85. The van der Waals surface area contributed by atoms with Crippen molar-refractivity contribution in [3.63, 3.8) is 0 Å². The van der Waals surface area contributed by atoms with E-state index in [0.717, 1.165) is 12.8 Å². The van der Waals surface area contributed by atoms with Gasteiger partial charge in [-0.15, -0.1) is 0 Å². The standard InChI is InChI=1S/C11H15ClN5O4P/c12-8-7-9(16-10(13)15-8)17(5-14-7)3-11(1-2-11)4-21-6-22(18,19)20/h5H,1-4,6H2,(H2,13,15,16)(H2,18,19,20). The second-order valence-corrected chi connectivity index (χ2v) is 7.51. The van der Waals surface area contributed by atoms with Crippen LogP contribution in [0.4, 0.5) is 5.95 Å². The maximum atomic E-state index is 10.8. The van der Waals surface area contributed by atoms with E-state index in [1.165, 1.54) is 0 Å². The molecule has 1 aliphatic rings. The summed E-state index contributed by atoms with van der Waals surface area (Å²) in [6.45, 7) is 0.837. The summed E-state index contributed by atoms with van der Waals surface area (Å²) >= 11 is 5.98. The minimum atomic E-state index is -4.14. The van der Waals surface area contributed by atoms with E-state index >= 15 is 0 Å². The molecule has 1 saturated carbocycles. The van der Waals surface area contributed by atoms with Gasteiger partial charge in [0.15, 0.2) is 10.8 Å². The average Bonchev–Trinajstić information content (AvgIpc) is 3.02. The number of ether oxygens (including phenoxy) is 1. The van der Waals surface area contributed by atoms with Gasteiger partial charge in [-0.25, -0.2) is 4.98 Å². The van der Waals surface area contributed by atoms with Crippen molar-refractivity contribution >= 4 is 36.3 Å². The van der Waals surface area contributed by atoms with Crippen LogP contribution in [-0.4, -0.2) is 42.3 Å². The second kappa shape index (κ2) is 5.43. The van der Waals surface area contributed by atoms with Crippen molar-refractivity contribution in [1.82, 2.24) is 19.5 Å². The predicted molar refractivity (Wildman–Crippen MR) is 79.3 cm³/mol. The molecule has 2 heterocycles. The van der Waals surface area contributed by atoms with Crippen LogP contribution in [0.25, 0.3) is 11.2 Å². The highest BCUT2D eigenvalue weighted by molar-refractivity contribution is 7.51. The van der Waals surface area contributed by atoms with Crippen molar-refractivity contribution in [3.05, 3.63) is 11.5 Å². The molecule has 9 nitrogen and oxygen atoms in total. The molecular weight excluding hydrogens is 333 g/mol. The quantitative estimate of drug-likeness (QED) is 0.520. The Bertz CT molecular complexity index is 756. The van der Waals surface area contributed by atoms with Crippen molar-refractivity contribution in [2.75, 3.05) is 18.7 Å². The largest absolute Gasteiger partial charge is 0.368 e. The lowest BCUT2D eigenvalue weighted by molar-refractivity contribution is 0.104. The van der Waals surface area contributed by atoms with Crippen molar-refractivity contribution < 1.29 is 19.1 Å². The molecular formula is C11H15ClN5O4P. The van der Waals surface area contributed by atoms with Crippen molar-refractivity contribution in [3.8, 4) is 0 Å². The van der Waals surface area contributed by atoms with Gasteiger partial charge in [-0.2, -0.15) is 9.97 Å². The molecule has 0 aromatic carbocycles. The van der Waals surface area contributed by atoms with Gasteiger partial charge in [0.2, 0.25) is 5.95 Å². The SMILES string of the molecule is Nc1nc(Cl)c2ncn(CC3(COCP(=O)(O)O)CC3)c2n1. The summed E-state index contributed by atoms with van der Waals surface area (Å²) in [6, 6.07) is 0. The summed E-state index contributed by atoms with van der Waals surface area (Å²) in [4.78, 5) is 29.8. The van der Waals surface area contributed by atoms with E-state index in [2.05, 4.69) is 15.0 Å². The lowest BCUT2D eigenvalue weighted by Gasteiger charge is -2.16.